The third-order valence-corrected chi connectivity index (χ3v) is 8.21. The first-order chi connectivity index (χ1) is 16.9. The van der Waals surface area contributed by atoms with Crippen LogP contribution in [-0.2, 0) is 27.9 Å². The summed E-state index contributed by atoms with van der Waals surface area (Å²) in [5.74, 6) is -0.376. The zero-order valence-corrected chi connectivity index (χ0v) is 21.1. The van der Waals surface area contributed by atoms with Gasteiger partial charge in [-0.3, -0.25) is 14.0 Å². The topological polar surface area (TPSA) is 69.7 Å². The van der Waals surface area contributed by atoms with E-state index in [2.05, 4.69) is 16.3 Å². The molecule has 0 unspecified atom stereocenters. The molecule has 0 spiro atoms. The zero-order valence-electron chi connectivity index (χ0n) is 19.6. The molecule has 0 aliphatic carbocycles. The first-order valence-corrected chi connectivity index (χ1v) is 13.6. The number of benzene rings is 3. The molecular weight excluding hydrogens is 482 g/mol. The first kappa shape index (κ1) is 25.2. The Hall–Kier alpha value is -2.87. The maximum absolute atomic E-state index is 13.4. The van der Waals surface area contributed by atoms with Gasteiger partial charge in [-0.1, -0.05) is 60.5 Å². The van der Waals surface area contributed by atoms with E-state index in [-0.39, 0.29) is 17.3 Å². The quantitative estimate of drug-likeness (QED) is 0.446. The third kappa shape index (κ3) is 6.63. The average molecular weight is 512 g/mol. The van der Waals surface area contributed by atoms with E-state index in [0.717, 1.165) is 29.5 Å². The maximum atomic E-state index is 13.4. The molecular formula is C27H30ClN3O3S. The summed E-state index contributed by atoms with van der Waals surface area (Å²) in [5.41, 5.74) is 2.64. The van der Waals surface area contributed by atoms with Crippen molar-refractivity contribution in [1.29, 1.82) is 0 Å². The molecule has 1 heterocycles. The fourth-order valence-corrected chi connectivity index (χ4v) is 5.81. The van der Waals surface area contributed by atoms with Crippen LogP contribution in [0.15, 0.2) is 83.8 Å². The molecule has 0 bridgehead atoms. The van der Waals surface area contributed by atoms with E-state index in [9.17, 15) is 13.2 Å². The summed E-state index contributed by atoms with van der Waals surface area (Å²) in [6, 6.07) is 22.7. The van der Waals surface area contributed by atoms with Gasteiger partial charge in [0, 0.05) is 18.1 Å². The number of likely N-dealkylation sites (tertiary alicyclic amines) is 1. The number of halogens is 1. The molecule has 3 aromatic rings. The van der Waals surface area contributed by atoms with Crippen molar-refractivity contribution in [1.82, 2.24) is 10.2 Å². The number of para-hydroxylation sites is 1. The SMILES string of the molecule is O=C(CN(c1ccccc1)S(=O)(=O)c1ccc(Cl)cc1)NCc1ccccc1CN1CCCCC1. The molecule has 35 heavy (non-hydrogen) atoms. The van der Waals surface area contributed by atoms with Crippen LogP contribution in [0.3, 0.4) is 0 Å². The minimum atomic E-state index is -3.97. The van der Waals surface area contributed by atoms with Crippen LogP contribution in [0, 0.1) is 0 Å². The summed E-state index contributed by atoms with van der Waals surface area (Å²) < 4.78 is 28.0. The number of sulfonamides is 1. The van der Waals surface area contributed by atoms with Gasteiger partial charge in [0.15, 0.2) is 0 Å². The molecule has 1 aliphatic rings. The lowest BCUT2D eigenvalue weighted by Crippen LogP contribution is -2.40. The lowest BCUT2D eigenvalue weighted by molar-refractivity contribution is -0.119. The number of carbonyl (C=O) groups excluding carboxylic acids is 1. The highest BCUT2D eigenvalue weighted by atomic mass is 35.5. The summed E-state index contributed by atoms with van der Waals surface area (Å²) in [7, 11) is -3.97. The van der Waals surface area contributed by atoms with E-state index in [1.807, 2.05) is 18.2 Å². The van der Waals surface area contributed by atoms with Crippen molar-refractivity contribution >= 4 is 33.2 Å². The molecule has 1 aliphatic heterocycles. The van der Waals surface area contributed by atoms with Crippen LogP contribution >= 0.6 is 11.6 Å². The molecule has 1 fully saturated rings. The van der Waals surface area contributed by atoms with Gasteiger partial charge < -0.3 is 5.32 Å². The summed E-state index contributed by atoms with van der Waals surface area (Å²) >= 11 is 5.94. The van der Waals surface area contributed by atoms with Crippen molar-refractivity contribution < 1.29 is 13.2 Å². The van der Waals surface area contributed by atoms with Gasteiger partial charge in [0.05, 0.1) is 10.6 Å². The normalized spacial score (nSPS) is 14.4. The van der Waals surface area contributed by atoms with Crippen LogP contribution in [0.25, 0.3) is 0 Å². The number of carbonyl (C=O) groups is 1. The largest absolute Gasteiger partial charge is 0.350 e. The van der Waals surface area contributed by atoms with Gasteiger partial charge in [-0.25, -0.2) is 8.42 Å². The molecule has 0 radical (unpaired) electrons. The Kier molecular flexibility index (Phi) is 8.44. The molecule has 1 saturated heterocycles. The molecule has 0 aromatic heterocycles. The van der Waals surface area contributed by atoms with E-state index in [1.165, 1.54) is 49.1 Å². The van der Waals surface area contributed by atoms with Gasteiger partial charge in [0.1, 0.15) is 6.54 Å². The fourth-order valence-electron chi connectivity index (χ4n) is 4.27. The Morgan fingerprint density at radius 2 is 1.49 bits per heavy atom. The number of amides is 1. The Bertz CT molecular complexity index is 1230. The average Bonchev–Trinajstić information content (AvgIpc) is 2.88. The molecule has 3 aromatic carbocycles. The van der Waals surface area contributed by atoms with Gasteiger partial charge in [0.2, 0.25) is 5.91 Å². The van der Waals surface area contributed by atoms with Crippen LogP contribution in [0.5, 0.6) is 0 Å². The predicted octanol–water partition coefficient (Wildman–Crippen LogP) is 4.84. The minimum Gasteiger partial charge on any atom is -0.350 e. The number of piperidine rings is 1. The van der Waals surface area contributed by atoms with Crippen LogP contribution in [0.2, 0.25) is 5.02 Å². The molecule has 8 heteroatoms. The molecule has 6 nitrogen and oxygen atoms in total. The van der Waals surface area contributed by atoms with E-state index < -0.39 is 10.0 Å². The highest BCUT2D eigenvalue weighted by Crippen LogP contribution is 2.24. The summed E-state index contributed by atoms with van der Waals surface area (Å²) in [6.45, 7) is 3.05. The smallest absolute Gasteiger partial charge is 0.264 e. The van der Waals surface area contributed by atoms with Gasteiger partial charge in [0.25, 0.3) is 10.0 Å². The standard InChI is InChI=1S/C27H30ClN3O3S/c28-24-13-15-26(16-14-24)35(33,34)31(25-11-3-1-4-12-25)21-27(32)29-19-22-9-5-6-10-23(22)20-30-17-7-2-8-18-30/h1,3-6,9-16H,2,7-8,17-21H2,(H,29,32). The maximum Gasteiger partial charge on any atom is 0.264 e. The monoisotopic (exact) mass is 511 g/mol. The molecule has 1 N–H and O–H groups in total. The lowest BCUT2D eigenvalue weighted by Gasteiger charge is -2.27. The second kappa shape index (κ2) is 11.7. The van der Waals surface area contributed by atoms with Gasteiger partial charge in [-0.2, -0.15) is 0 Å². The highest BCUT2D eigenvalue weighted by Gasteiger charge is 2.27. The summed E-state index contributed by atoms with van der Waals surface area (Å²) in [6.07, 6.45) is 3.72. The summed E-state index contributed by atoms with van der Waals surface area (Å²) in [4.78, 5) is 15.5. The van der Waals surface area contributed by atoms with Gasteiger partial charge >= 0.3 is 0 Å². The zero-order chi connectivity index (χ0) is 24.7. The Labute approximate surface area is 212 Å². The van der Waals surface area contributed by atoms with Crippen molar-refractivity contribution in [2.75, 3.05) is 23.9 Å². The van der Waals surface area contributed by atoms with Crippen LogP contribution < -0.4 is 9.62 Å². The number of nitrogens with one attached hydrogen (secondary N) is 1. The first-order valence-electron chi connectivity index (χ1n) is 11.8. The van der Waals surface area contributed by atoms with Crippen LogP contribution in [0.1, 0.15) is 30.4 Å². The Morgan fingerprint density at radius 3 is 2.17 bits per heavy atom. The van der Waals surface area contributed by atoms with Crippen molar-refractivity contribution in [2.45, 2.75) is 37.2 Å². The van der Waals surface area contributed by atoms with E-state index in [0.29, 0.717) is 17.3 Å². The predicted molar refractivity (Wildman–Crippen MR) is 140 cm³/mol. The van der Waals surface area contributed by atoms with Crippen molar-refractivity contribution in [3.63, 3.8) is 0 Å². The van der Waals surface area contributed by atoms with Gasteiger partial charge in [-0.05, 0) is 73.5 Å². The Morgan fingerprint density at radius 1 is 0.857 bits per heavy atom. The number of anilines is 1. The fraction of sp³-hybridized carbons (Fsp3) is 0.296. The number of nitrogens with zero attached hydrogens (tertiary/aromatic N) is 2. The van der Waals surface area contributed by atoms with E-state index in [1.54, 1.807) is 30.3 Å². The molecule has 1 amide bonds. The van der Waals surface area contributed by atoms with Crippen LogP contribution in [-0.4, -0.2) is 38.9 Å². The number of hydrogen-bond donors (Lipinski definition) is 1. The van der Waals surface area contributed by atoms with E-state index >= 15 is 0 Å². The van der Waals surface area contributed by atoms with E-state index in [4.69, 9.17) is 11.6 Å². The molecule has 0 atom stereocenters. The lowest BCUT2D eigenvalue weighted by atomic mass is 10.0. The molecule has 184 valence electrons. The second-order valence-corrected chi connectivity index (χ2v) is 11.0. The van der Waals surface area contributed by atoms with Crippen molar-refractivity contribution in [3.05, 3.63) is 95.0 Å². The van der Waals surface area contributed by atoms with Gasteiger partial charge in [-0.15, -0.1) is 0 Å². The van der Waals surface area contributed by atoms with Crippen molar-refractivity contribution in [3.8, 4) is 0 Å². The molecule has 0 saturated carbocycles. The number of rotatable bonds is 9. The Balaban J connectivity index is 1.48. The highest BCUT2D eigenvalue weighted by molar-refractivity contribution is 7.92. The van der Waals surface area contributed by atoms with Crippen molar-refractivity contribution in [2.24, 2.45) is 0 Å². The summed E-state index contributed by atoms with van der Waals surface area (Å²) in [5, 5.41) is 3.37. The second-order valence-electron chi connectivity index (χ2n) is 8.68. The molecule has 4 rings (SSSR count). The number of hydrogen-bond acceptors (Lipinski definition) is 4. The third-order valence-electron chi connectivity index (χ3n) is 6.17. The minimum absolute atomic E-state index is 0.0745. The van der Waals surface area contributed by atoms with Crippen LogP contribution in [0.4, 0.5) is 5.69 Å².